The molecule has 0 saturated heterocycles. The van der Waals surface area contributed by atoms with Gasteiger partial charge in [-0.2, -0.15) is 0 Å². The highest BCUT2D eigenvalue weighted by atomic mass is 79.9. The Balaban J connectivity index is 2.36. The van der Waals surface area contributed by atoms with Gasteiger partial charge in [-0.05, 0) is 48.7 Å². The number of nitrogens with zero attached hydrogens (tertiary/aromatic N) is 2. The zero-order chi connectivity index (χ0) is 24.8. The van der Waals surface area contributed by atoms with Crippen molar-refractivity contribution < 1.29 is 22.4 Å². The van der Waals surface area contributed by atoms with Crippen molar-refractivity contribution >= 4 is 43.5 Å². The molecular formula is C23H29BrFN3O4S. The van der Waals surface area contributed by atoms with Crippen LogP contribution in [0.25, 0.3) is 0 Å². The Morgan fingerprint density at radius 1 is 1.09 bits per heavy atom. The maximum atomic E-state index is 13.7. The van der Waals surface area contributed by atoms with Gasteiger partial charge in [0.25, 0.3) is 0 Å². The van der Waals surface area contributed by atoms with E-state index in [1.165, 1.54) is 23.1 Å². The van der Waals surface area contributed by atoms with Gasteiger partial charge in [-0.15, -0.1) is 0 Å². The first-order chi connectivity index (χ1) is 15.4. The topological polar surface area (TPSA) is 86.8 Å². The summed E-state index contributed by atoms with van der Waals surface area (Å²) in [4.78, 5) is 27.4. The largest absolute Gasteiger partial charge is 0.354 e. The fourth-order valence-corrected chi connectivity index (χ4v) is 4.40. The van der Waals surface area contributed by atoms with Crippen molar-refractivity contribution in [2.45, 2.75) is 33.4 Å². The third-order valence-electron chi connectivity index (χ3n) is 4.87. The second-order valence-electron chi connectivity index (χ2n) is 8.22. The SMILES string of the molecule is CC(C)CNC(=O)[C@H](C)N(Cc1cccc(Br)c1)C(=O)CN(c1cccc(F)c1)S(C)(=O)=O. The maximum absolute atomic E-state index is 13.7. The van der Waals surface area contributed by atoms with Gasteiger partial charge in [0.2, 0.25) is 21.8 Å². The van der Waals surface area contributed by atoms with Crippen LogP contribution in [0.1, 0.15) is 26.3 Å². The Kier molecular flexibility index (Phi) is 9.42. The van der Waals surface area contributed by atoms with Crippen LogP contribution in [0.2, 0.25) is 0 Å². The van der Waals surface area contributed by atoms with Crippen molar-refractivity contribution in [3.05, 3.63) is 64.4 Å². The van der Waals surface area contributed by atoms with E-state index in [-0.39, 0.29) is 24.1 Å². The summed E-state index contributed by atoms with van der Waals surface area (Å²) >= 11 is 3.39. The van der Waals surface area contributed by atoms with Gasteiger partial charge < -0.3 is 10.2 Å². The first kappa shape index (κ1) is 26.8. The van der Waals surface area contributed by atoms with Gasteiger partial charge in [0.05, 0.1) is 11.9 Å². The minimum absolute atomic E-state index is 0.0326. The minimum atomic E-state index is -3.90. The van der Waals surface area contributed by atoms with Crippen LogP contribution in [0.3, 0.4) is 0 Å². The summed E-state index contributed by atoms with van der Waals surface area (Å²) in [6, 6.07) is 11.4. The number of halogens is 2. The summed E-state index contributed by atoms with van der Waals surface area (Å²) < 4.78 is 40.3. The van der Waals surface area contributed by atoms with Crippen LogP contribution in [0, 0.1) is 11.7 Å². The number of rotatable bonds is 10. The second kappa shape index (κ2) is 11.6. The highest BCUT2D eigenvalue weighted by Gasteiger charge is 2.30. The number of benzene rings is 2. The highest BCUT2D eigenvalue weighted by molar-refractivity contribution is 9.10. The lowest BCUT2D eigenvalue weighted by Gasteiger charge is -2.31. The smallest absolute Gasteiger partial charge is 0.244 e. The molecule has 0 aliphatic carbocycles. The molecule has 0 spiro atoms. The highest BCUT2D eigenvalue weighted by Crippen LogP contribution is 2.20. The molecule has 2 rings (SSSR count). The van der Waals surface area contributed by atoms with E-state index < -0.39 is 34.3 Å². The lowest BCUT2D eigenvalue weighted by Crippen LogP contribution is -2.51. The van der Waals surface area contributed by atoms with Crippen molar-refractivity contribution in [1.29, 1.82) is 0 Å². The van der Waals surface area contributed by atoms with Gasteiger partial charge in [0, 0.05) is 17.6 Å². The summed E-state index contributed by atoms with van der Waals surface area (Å²) in [5.74, 6) is -1.33. The summed E-state index contributed by atoms with van der Waals surface area (Å²) in [6.45, 7) is 5.48. The average Bonchev–Trinajstić information content (AvgIpc) is 2.72. The van der Waals surface area contributed by atoms with Crippen molar-refractivity contribution in [2.24, 2.45) is 5.92 Å². The second-order valence-corrected chi connectivity index (χ2v) is 11.0. The number of carbonyl (C=O) groups is 2. The molecule has 0 heterocycles. The summed E-state index contributed by atoms with van der Waals surface area (Å²) in [5.41, 5.74) is 0.795. The molecule has 7 nitrogen and oxygen atoms in total. The van der Waals surface area contributed by atoms with E-state index in [0.717, 1.165) is 26.7 Å². The Bertz CT molecular complexity index is 1090. The minimum Gasteiger partial charge on any atom is -0.354 e. The van der Waals surface area contributed by atoms with E-state index in [2.05, 4.69) is 21.2 Å². The fraction of sp³-hybridized carbons (Fsp3) is 0.391. The van der Waals surface area contributed by atoms with E-state index in [1.807, 2.05) is 32.0 Å². The third kappa shape index (κ3) is 8.12. The molecular weight excluding hydrogens is 513 g/mol. The molecule has 1 N–H and O–H groups in total. The lowest BCUT2D eigenvalue weighted by molar-refractivity contribution is -0.139. The summed E-state index contributed by atoms with van der Waals surface area (Å²) in [7, 11) is -3.90. The molecule has 1 atom stereocenters. The molecule has 0 fully saturated rings. The third-order valence-corrected chi connectivity index (χ3v) is 6.50. The molecule has 180 valence electrons. The number of sulfonamides is 1. The molecule has 2 aromatic rings. The zero-order valence-corrected chi connectivity index (χ0v) is 21.5. The van der Waals surface area contributed by atoms with Crippen molar-refractivity contribution in [2.75, 3.05) is 23.7 Å². The Hall–Kier alpha value is -2.46. The monoisotopic (exact) mass is 541 g/mol. The Morgan fingerprint density at radius 2 is 1.76 bits per heavy atom. The van der Waals surface area contributed by atoms with Crippen LogP contribution in [0.4, 0.5) is 10.1 Å². The van der Waals surface area contributed by atoms with Gasteiger partial charge >= 0.3 is 0 Å². The van der Waals surface area contributed by atoms with Gasteiger partial charge in [-0.25, -0.2) is 12.8 Å². The van der Waals surface area contributed by atoms with Gasteiger partial charge in [0.15, 0.2) is 0 Å². The molecule has 0 aliphatic rings. The zero-order valence-electron chi connectivity index (χ0n) is 19.1. The first-order valence-electron chi connectivity index (χ1n) is 10.4. The molecule has 0 aliphatic heterocycles. The van der Waals surface area contributed by atoms with E-state index >= 15 is 0 Å². The van der Waals surface area contributed by atoms with Crippen LogP contribution in [0.5, 0.6) is 0 Å². The number of nitrogens with one attached hydrogen (secondary N) is 1. The van der Waals surface area contributed by atoms with Gasteiger partial charge in [-0.1, -0.05) is 48.0 Å². The van der Waals surface area contributed by atoms with Crippen LogP contribution < -0.4 is 9.62 Å². The quantitative estimate of drug-likeness (QED) is 0.498. The molecule has 33 heavy (non-hydrogen) atoms. The van der Waals surface area contributed by atoms with Gasteiger partial charge in [-0.3, -0.25) is 13.9 Å². The maximum Gasteiger partial charge on any atom is 0.244 e. The molecule has 0 saturated carbocycles. The van der Waals surface area contributed by atoms with E-state index in [4.69, 9.17) is 0 Å². The van der Waals surface area contributed by atoms with Crippen LogP contribution in [-0.2, 0) is 26.2 Å². The predicted octanol–water partition coefficient (Wildman–Crippen LogP) is 3.54. The molecule has 2 amide bonds. The number of carbonyl (C=O) groups excluding carboxylic acids is 2. The fourth-order valence-electron chi connectivity index (χ4n) is 3.11. The number of amides is 2. The van der Waals surface area contributed by atoms with Crippen LogP contribution in [-0.4, -0.2) is 50.5 Å². The Labute approximate surface area is 203 Å². The standard InChI is InChI=1S/C23H29BrFN3O4S/c1-16(2)13-26-23(30)17(3)27(14-18-7-5-8-19(24)11-18)22(29)15-28(33(4,31)32)21-10-6-9-20(25)12-21/h5-12,16-17H,13-15H2,1-4H3,(H,26,30)/t17-/m0/s1. The lowest BCUT2D eigenvalue weighted by atomic mass is 10.1. The average molecular weight is 542 g/mol. The number of anilines is 1. The van der Waals surface area contributed by atoms with E-state index in [9.17, 15) is 22.4 Å². The molecule has 0 aromatic heterocycles. The molecule has 2 aromatic carbocycles. The molecule has 0 bridgehead atoms. The van der Waals surface area contributed by atoms with E-state index in [0.29, 0.717) is 6.54 Å². The van der Waals surface area contributed by atoms with Crippen molar-refractivity contribution in [3.8, 4) is 0 Å². The van der Waals surface area contributed by atoms with Crippen LogP contribution >= 0.6 is 15.9 Å². The normalized spacial score (nSPS) is 12.3. The number of hydrogen-bond acceptors (Lipinski definition) is 4. The van der Waals surface area contributed by atoms with Crippen molar-refractivity contribution in [3.63, 3.8) is 0 Å². The van der Waals surface area contributed by atoms with E-state index in [1.54, 1.807) is 13.0 Å². The van der Waals surface area contributed by atoms with Crippen molar-refractivity contribution in [1.82, 2.24) is 10.2 Å². The predicted molar refractivity (Wildman–Crippen MR) is 131 cm³/mol. The summed E-state index contributed by atoms with van der Waals surface area (Å²) in [6.07, 6.45) is 0.947. The molecule has 0 unspecified atom stereocenters. The molecule has 10 heteroatoms. The van der Waals surface area contributed by atoms with Gasteiger partial charge in [0.1, 0.15) is 18.4 Å². The number of hydrogen-bond donors (Lipinski definition) is 1. The first-order valence-corrected chi connectivity index (χ1v) is 13.1. The Morgan fingerprint density at radius 3 is 2.33 bits per heavy atom. The molecule has 0 radical (unpaired) electrons. The summed E-state index contributed by atoms with van der Waals surface area (Å²) in [5, 5.41) is 2.81. The van der Waals surface area contributed by atoms with Crippen LogP contribution in [0.15, 0.2) is 53.0 Å².